The molecule has 0 saturated carbocycles. The molecule has 0 amide bonds. The number of methoxy groups -OCH3 is 2. The Morgan fingerprint density at radius 2 is 1.84 bits per heavy atom. The highest BCUT2D eigenvalue weighted by Gasteiger charge is 2.24. The van der Waals surface area contributed by atoms with Crippen molar-refractivity contribution >= 4 is 28.1 Å². The fourth-order valence-electron chi connectivity index (χ4n) is 4.08. The Labute approximate surface area is 182 Å². The lowest BCUT2D eigenvalue weighted by Gasteiger charge is -2.30. The number of hydrogen-bond donors (Lipinski definition) is 0. The van der Waals surface area contributed by atoms with Gasteiger partial charge in [-0.3, -0.25) is 4.98 Å². The molecule has 2 heterocycles. The molecular formula is C25H26N2O4. The Hall–Kier alpha value is -3.54. The molecular weight excluding hydrogens is 392 g/mol. The van der Waals surface area contributed by atoms with Crippen molar-refractivity contribution in [3.8, 4) is 11.5 Å². The van der Waals surface area contributed by atoms with Crippen LogP contribution in [-0.2, 0) is 4.74 Å². The van der Waals surface area contributed by atoms with Crippen LogP contribution in [0.15, 0.2) is 54.7 Å². The lowest BCUT2D eigenvalue weighted by atomic mass is 9.92. The molecule has 0 spiro atoms. The van der Waals surface area contributed by atoms with Crippen LogP contribution in [0.1, 0.15) is 29.3 Å². The van der Waals surface area contributed by atoms with Gasteiger partial charge in [0.25, 0.3) is 0 Å². The number of ether oxygens (including phenoxy) is 3. The molecule has 0 aliphatic carbocycles. The normalized spacial score (nSPS) is 13.6. The van der Waals surface area contributed by atoms with Crippen molar-refractivity contribution in [2.24, 2.45) is 0 Å². The molecule has 31 heavy (non-hydrogen) atoms. The molecule has 0 N–H and O–H groups in total. The van der Waals surface area contributed by atoms with Gasteiger partial charge in [0.1, 0.15) is 17.0 Å². The van der Waals surface area contributed by atoms with Crippen LogP contribution in [0.2, 0.25) is 0 Å². The quantitative estimate of drug-likeness (QED) is 0.540. The van der Waals surface area contributed by atoms with Gasteiger partial charge in [0.2, 0.25) is 0 Å². The lowest BCUT2D eigenvalue weighted by molar-refractivity contribution is 0.0525. The van der Waals surface area contributed by atoms with Crippen LogP contribution in [0.5, 0.6) is 11.5 Å². The number of hydrogen-bond acceptors (Lipinski definition) is 6. The smallest absolute Gasteiger partial charge is 0.340 e. The predicted octanol–water partition coefficient (Wildman–Crippen LogP) is 4.72. The van der Waals surface area contributed by atoms with Gasteiger partial charge in [-0.05, 0) is 37.1 Å². The van der Waals surface area contributed by atoms with Gasteiger partial charge in [-0.25, -0.2) is 4.79 Å². The number of para-hydroxylation sites is 3. The standard InChI is InChI=1S/C25H26N2O4/c1-4-31-25(28)19-16-26-24-18(8-7-11-22(24)30-3)23(19)17-12-14-27(15-13-17)20-9-5-6-10-21(20)29-2/h5-12,16H,4,13-15H2,1-3H3. The Balaban J connectivity index is 1.78. The van der Waals surface area contributed by atoms with Crippen molar-refractivity contribution < 1.29 is 19.0 Å². The van der Waals surface area contributed by atoms with Crippen LogP contribution in [0.4, 0.5) is 5.69 Å². The van der Waals surface area contributed by atoms with Gasteiger partial charge in [0.15, 0.2) is 0 Å². The molecule has 0 bridgehead atoms. The molecule has 0 unspecified atom stereocenters. The molecule has 1 aromatic heterocycles. The summed E-state index contributed by atoms with van der Waals surface area (Å²) in [7, 11) is 3.31. The van der Waals surface area contributed by atoms with Crippen LogP contribution in [-0.4, -0.2) is 44.9 Å². The first-order valence-corrected chi connectivity index (χ1v) is 10.4. The number of fused-ring (bicyclic) bond motifs is 1. The van der Waals surface area contributed by atoms with Crippen LogP contribution in [0, 0.1) is 0 Å². The van der Waals surface area contributed by atoms with Crippen molar-refractivity contribution in [1.82, 2.24) is 4.98 Å². The third kappa shape index (κ3) is 3.93. The number of carbonyl (C=O) groups is 1. The van der Waals surface area contributed by atoms with Gasteiger partial charge in [-0.1, -0.05) is 30.3 Å². The summed E-state index contributed by atoms with van der Waals surface area (Å²) in [5, 5.41) is 0.891. The summed E-state index contributed by atoms with van der Waals surface area (Å²) in [6, 6.07) is 13.8. The van der Waals surface area contributed by atoms with Gasteiger partial charge in [-0.15, -0.1) is 0 Å². The Morgan fingerprint density at radius 3 is 2.55 bits per heavy atom. The van der Waals surface area contributed by atoms with Crippen molar-refractivity contribution in [1.29, 1.82) is 0 Å². The molecule has 1 aliphatic heterocycles. The van der Waals surface area contributed by atoms with E-state index in [9.17, 15) is 4.79 Å². The van der Waals surface area contributed by atoms with Crippen molar-refractivity contribution in [3.63, 3.8) is 0 Å². The van der Waals surface area contributed by atoms with E-state index in [0.717, 1.165) is 46.4 Å². The molecule has 1 aliphatic rings. The van der Waals surface area contributed by atoms with Crippen LogP contribution in [0.3, 0.4) is 0 Å². The van der Waals surface area contributed by atoms with E-state index in [4.69, 9.17) is 14.2 Å². The summed E-state index contributed by atoms with van der Waals surface area (Å²) in [5.41, 5.74) is 4.27. The minimum absolute atomic E-state index is 0.315. The topological polar surface area (TPSA) is 60.9 Å². The number of benzene rings is 2. The first-order valence-electron chi connectivity index (χ1n) is 10.4. The second kappa shape index (κ2) is 9.08. The van der Waals surface area contributed by atoms with E-state index in [2.05, 4.69) is 22.0 Å². The Morgan fingerprint density at radius 1 is 1.06 bits per heavy atom. The second-order valence-corrected chi connectivity index (χ2v) is 7.22. The fourth-order valence-corrected chi connectivity index (χ4v) is 4.08. The first kappa shape index (κ1) is 20.7. The largest absolute Gasteiger partial charge is 0.495 e. The van der Waals surface area contributed by atoms with Crippen molar-refractivity contribution in [2.75, 3.05) is 38.8 Å². The second-order valence-electron chi connectivity index (χ2n) is 7.22. The minimum Gasteiger partial charge on any atom is -0.495 e. The zero-order valence-corrected chi connectivity index (χ0v) is 18.1. The number of aromatic nitrogens is 1. The maximum absolute atomic E-state index is 12.7. The highest BCUT2D eigenvalue weighted by Crippen LogP contribution is 2.37. The zero-order valence-electron chi connectivity index (χ0n) is 18.1. The summed E-state index contributed by atoms with van der Waals surface area (Å²) >= 11 is 0. The van der Waals surface area contributed by atoms with Gasteiger partial charge in [0.05, 0.1) is 32.1 Å². The molecule has 6 heteroatoms. The van der Waals surface area contributed by atoms with E-state index in [1.807, 2.05) is 36.4 Å². The molecule has 3 aromatic rings. The lowest BCUT2D eigenvalue weighted by Crippen LogP contribution is -2.29. The Bertz CT molecular complexity index is 1140. The van der Waals surface area contributed by atoms with Gasteiger partial charge < -0.3 is 19.1 Å². The fraction of sp³-hybridized carbons (Fsp3) is 0.280. The molecule has 6 nitrogen and oxygen atoms in total. The minimum atomic E-state index is -0.359. The molecule has 0 atom stereocenters. The number of esters is 1. The summed E-state index contributed by atoms with van der Waals surface area (Å²) in [6.45, 7) is 3.64. The van der Waals surface area contributed by atoms with Gasteiger partial charge >= 0.3 is 5.97 Å². The third-order valence-electron chi connectivity index (χ3n) is 5.53. The summed E-state index contributed by atoms with van der Waals surface area (Å²) in [5.74, 6) is 1.18. The van der Waals surface area contributed by atoms with E-state index in [-0.39, 0.29) is 5.97 Å². The zero-order chi connectivity index (χ0) is 21.8. The molecule has 160 valence electrons. The van der Waals surface area contributed by atoms with Crippen LogP contribution >= 0.6 is 0 Å². The highest BCUT2D eigenvalue weighted by molar-refractivity contribution is 6.05. The summed E-state index contributed by atoms with van der Waals surface area (Å²) in [6.07, 6.45) is 4.55. The molecule has 2 aromatic carbocycles. The number of carbonyl (C=O) groups excluding carboxylic acids is 1. The first-order chi connectivity index (χ1) is 15.2. The van der Waals surface area contributed by atoms with Crippen LogP contribution < -0.4 is 14.4 Å². The molecule has 0 fully saturated rings. The summed E-state index contributed by atoms with van der Waals surface area (Å²) < 4.78 is 16.3. The van der Waals surface area contributed by atoms with Crippen molar-refractivity contribution in [3.05, 3.63) is 65.9 Å². The maximum atomic E-state index is 12.7. The SMILES string of the molecule is CCOC(=O)c1cnc2c(OC)cccc2c1C1=CCN(c2ccccc2OC)CC1. The maximum Gasteiger partial charge on any atom is 0.340 e. The average Bonchev–Trinajstić information content (AvgIpc) is 2.83. The van der Waals surface area contributed by atoms with E-state index in [1.54, 1.807) is 27.3 Å². The number of rotatable bonds is 6. The van der Waals surface area contributed by atoms with Gasteiger partial charge in [-0.2, -0.15) is 0 Å². The number of pyridine rings is 1. The van der Waals surface area contributed by atoms with Crippen LogP contribution in [0.25, 0.3) is 16.5 Å². The van der Waals surface area contributed by atoms with E-state index >= 15 is 0 Å². The highest BCUT2D eigenvalue weighted by atomic mass is 16.5. The van der Waals surface area contributed by atoms with E-state index in [1.165, 1.54) is 0 Å². The molecule has 4 rings (SSSR count). The number of nitrogens with zero attached hydrogens (tertiary/aromatic N) is 2. The Kier molecular flexibility index (Phi) is 6.07. The van der Waals surface area contributed by atoms with Gasteiger partial charge in [0, 0.05) is 30.2 Å². The predicted molar refractivity (Wildman–Crippen MR) is 122 cm³/mol. The molecule has 0 saturated heterocycles. The monoisotopic (exact) mass is 418 g/mol. The third-order valence-corrected chi connectivity index (χ3v) is 5.53. The number of anilines is 1. The van der Waals surface area contributed by atoms with E-state index in [0.29, 0.717) is 24.5 Å². The summed E-state index contributed by atoms with van der Waals surface area (Å²) in [4.78, 5) is 19.5. The average molecular weight is 418 g/mol. The van der Waals surface area contributed by atoms with Crippen molar-refractivity contribution in [2.45, 2.75) is 13.3 Å². The molecule has 0 radical (unpaired) electrons. The van der Waals surface area contributed by atoms with E-state index < -0.39 is 0 Å².